The molecule has 0 bridgehead atoms. The standard InChI is InChI=1S/C23H38O5/c1-12(21(27)28-4)15-5-6-16-20-17(11-19(26)23(15,16)3)22(2)8-7-14(24)9-13(22)10-18(20)25/h12-20,24-26H,5-11H2,1-4H3/t12-,13-,14+,15+,16-,17-,18-,19-,20-,22+,23-/m1/s1. The molecule has 11 atom stereocenters. The van der Waals surface area contributed by atoms with E-state index >= 15 is 0 Å². The van der Waals surface area contributed by atoms with Crippen molar-refractivity contribution in [3.8, 4) is 0 Å². The molecular formula is C23H38O5. The first-order chi connectivity index (χ1) is 13.1. The third-order valence-electron chi connectivity index (χ3n) is 10.0. The van der Waals surface area contributed by atoms with Crippen LogP contribution in [0.25, 0.3) is 0 Å². The monoisotopic (exact) mass is 394 g/mol. The molecule has 4 saturated carbocycles. The van der Waals surface area contributed by atoms with Crippen LogP contribution in [0, 0.1) is 46.3 Å². The molecule has 0 spiro atoms. The molecule has 160 valence electrons. The zero-order chi connectivity index (χ0) is 20.4. The van der Waals surface area contributed by atoms with Gasteiger partial charge >= 0.3 is 5.97 Å². The van der Waals surface area contributed by atoms with Crippen molar-refractivity contribution in [3.63, 3.8) is 0 Å². The first kappa shape index (κ1) is 20.6. The van der Waals surface area contributed by atoms with E-state index in [1.54, 1.807) is 0 Å². The molecule has 0 radical (unpaired) electrons. The molecule has 3 N–H and O–H groups in total. The van der Waals surface area contributed by atoms with Crippen molar-refractivity contribution in [2.24, 2.45) is 46.3 Å². The summed E-state index contributed by atoms with van der Waals surface area (Å²) in [6.45, 7) is 6.42. The number of aliphatic hydroxyl groups is 3. The Labute approximate surface area is 168 Å². The van der Waals surface area contributed by atoms with E-state index in [9.17, 15) is 20.1 Å². The van der Waals surface area contributed by atoms with E-state index in [0.29, 0.717) is 12.3 Å². The molecule has 0 unspecified atom stereocenters. The van der Waals surface area contributed by atoms with Gasteiger partial charge in [0.25, 0.3) is 0 Å². The summed E-state index contributed by atoms with van der Waals surface area (Å²) in [6, 6.07) is 0. The van der Waals surface area contributed by atoms with Crippen LogP contribution in [-0.4, -0.2) is 46.7 Å². The van der Waals surface area contributed by atoms with E-state index in [0.717, 1.165) is 38.5 Å². The third kappa shape index (κ3) is 2.72. The molecule has 5 nitrogen and oxygen atoms in total. The Hall–Kier alpha value is -0.650. The van der Waals surface area contributed by atoms with E-state index < -0.39 is 6.10 Å². The van der Waals surface area contributed by atoms with Gasteiger partial charge in [0.1, 0.15) is 0 Å². The maximum Gasteiger partial charge on any atom is 0.308 e. The molecule has 5 heteroatoms. The van der Waals surface area contributed by atoms with Gasteiger partial charge in [0.15, 0.2) is 0 Å². The number of carbonyl (C=O) groups excluding carboxylic acids is 1. The fourth-order valence-corrected chi connectivity index (χ4v) is 8.37. The van der Waals surface area contributed by atoms with Crippen molar-refractivity contribution in [1.29, 1.82) is 0 Å². The van der Waals surface area contributed by atoms with Crippen molar-refractivity contribution >= 4 is 5.97 Å². The lowest BCUT2D eigenvalue weighted by Gasteiger charge is -2.63. The Morgan fingerprint density at radius 1 is 1.04 bits per heavy atom. The average molecular weight is 395 g/mol. The van der Waals surface area contributed by atoms with Crippen molar-refractivity contribution in [1.82, 2.24) is 0 Å². The van der Waals surface area contributed by atoms with E-state index in [4.69, 9.17) is 4.74 Å². The molecule has 0 amide bonds. The number of ether oxygens (including phenoxy) is 1. The van der Waals surface area contributed by atoms with Crippen LogP contribution in [0.15, 0.2) is 0 Å². The van der Waals surface area contributed by atoms with Crippen LogP contribution >= 0.6 is 0 Å². The highest BCUT2D eigenvalue weighted by Gasteiger charge is 2.66. The minimum atomic E-state index is -0.465. The van der Waals surface area contributed by atoms with Gasteiger partial charge in [0.2, 0.25) is 0 Å². The van der Waals surface area contributed by atoms with Crippen molar-refractivity contribution < 1.29 is 24.9 Å². The lowest BCUT2D eigenvalue weighted by atomic mass is 9.43. The number of aliphatic hydroxyl groups excluding tert-OH is 3. The molecule has 0 aromatic heterocycles. The summed E-state index contributed by atoms with van der Waals surface area (Å²) in [6.07, 6.45) is 4.80. The molecule has 28 heavy (non-hydrogen) atoms. The average Bonchev–Trinajstić information content (AvgIpc) is 3.01. The van der Waals surface area contributed by atoms with Gasteiger partial charge in [-0.2, -0.15) is 0 Å². The van der Waals surface area contributed by atoms with Gasteiger partial charge in [0, 0.05) is 5.41 Å². The summed E-state index contributed by atoms with van der Waals surface area (Å²) in [7, 11) is 1.43. The number of carbonyl (C=O) groups is 1. The number of fused-ring (bicyclic) bond motifs is 5. The smallest absolute Gasteiger partial charge is 0.308 e. The predicted molar refractivity (Wildman–Crippen MR) is 105 cm³/mol. The lowest BCUT2D eigenvalue weighted by molar-refractivity contribution is -0.207. The number of esters is 1. The molecule has 0 aliphatic heterocycles. The van der Waals surface area contributed by atoms with Crippen LogP contribution in [0.2, 0.25) is 0 Å². The summed E-state index contributed by atoms with van der Waals surface area (Å²) in [5, 5.41) is 32.8. The van der Waals surface area contributed by atoms with E-state index in [2.05, 4.69) is 13.8 Å². The van der Waals surface area contributed by atoms with Crippen molar-refractivity contribution in [3.05, 3.63) is 0 Å². The highest BCUT2D eigenvalue weighted by Crippen LogP contribution is 2.68. The summed E-state index contributed by atoms with van der Waals surface area (Å²) >= 11 is 0. The fraction of sp³-hybridized carbons (Fsp3) is 0.957. The minimum absolute atomic E-state index is 0.0808. The SMILES string of the molecule is COC(=O)[C@H](C)[C@@H]1CC[C@@H]2[C@H]3[C@H](O)C[C@H]4C[C@@H](O)CC[C@]4(C)[C@@H]3C[C@@H](O)[C@@]21C. The van der Waals surface area contributed by atoms with Crippen LogP contribution in [-0.2, 0) is 9.53 Å². The van der Waals surface area contributed by atoms with Gasteiger partial charge in [-0.15, -0.1) is 0 Å². The Kier molecular flexibility index (Phi) is 5.12. The first-order valence-electron chi connectivity index (χ1n) is 11.3. The molecule has 0 heterocycles. The second-order valence-corrected chi connectivity index (χ2v) is 10.8. The van der Waals surface area contributed by atoms with Crippen LogP contribution in [0.1, 0.15) is 65.7 Å². The third-order valence-corrected chi connectivity index (χ3v) is 10.0. The van der Waals surface area contributed by atoms with Crippen LogP contribution in [0.3, 0.4) is 0 Å². The zero-order valence-corrected chi connectivity index (χ0v) is 17.8. The molecule has 4 rings (SSSR count). The van der Waals surface area contributed by atoms with Gasteiger partial charge in [0.05, 0.1) is 31.3 Å². The Morgan fingerprint density at radius 3 is 2.43 bits per heavy atom. The van der Waals surface area contributed by atoms with Gasteiger partial charge < -0.3 is 20.1 Å². The summed E-state index contributed by atoms with van der Waals surface area (Å²) in [4.78, 5) is 12.3. The number of methoxy groups -OCH3 is 1. The van der Waals surface area contributed by atoms with Crippen molar-refractivity contribution in [2.45, 2.75) is 84.0 Å². The molecule has 4 aliphatic carbocycles. The Morgan fingerprint density at radius 2 is 1.75 bits per heavy atom. The fourth-order valence-electron chi connectivity index (χ4n) is 8.37. The summed E-state index contributed by atoms with van der Waals surface area (Å²) < 4.78 is 5.02. The van der Waals surface area contributed by atoms with Gasteiger partial charge in [-0.25, -0.2) is 0 Å². The molecule has 0 aromatic rings. The predicted octanol–water partition coefficient (Wildman–Crippen LogP) is 2.76. The Balaban J connectivity index is 1.67. The maximum absolute atomic E-state index is 12.3. The number of hydrogen-bond acceptors (Lipinski definition) is 5. The Bertz CT molecular complexity index is 622. The first-order valence-corrected chi connectivity index (χ1v) is 11.3. The molecule has 4 fully saturated rings. The highest BCUT2D eigenvalue weighted by atomic mass is 16.5. The second kappa shape index (κ2) is 6.95. The topological polar surface area (TPSA) is 87.0 Å². The lowest BCUT2D eigenvalue weighted by Crippen LogP contribution is -2.62. The largest absolute Gasteiger partial charge is 0.469 e. The summed E-state index contributed by atoms with van der Waals surface area (Å²) in [5.41, 5.74) is -0.273. The van der Waals surface area contributed by atoms with Gasteiger partial charge in [-0.3, -0.25) is 4.79 Å². The van der Waals surface area contributed by atoms with Crippen LogP contribution in [0.5, 0.6) is 0 Å². The van der Waals surface area contributed by atoms with E-state index in [1.165, 1.54) is 7.11 Å². The highest BCUT2D eigenvalue weighted by molar-refractivity contribution is 5.72. The number of hydrogen-bond donors (Lipinski definition) is 3. The second-order valence-electron chi connectivity index (χ2n) is 10.8. The normalized spacial score (nSPS) is 54.2. The van der Waals surface area contributed by atoms with Crippen molar-refractivity contribution in [2.75, 3.05) is 7.11 Å². The van der Waals surface area contributed by atoms with Gasteiger partial charge in [-0.1, -0.05) is 20.8 Å². The maximum atomic E-state index is 12.3. The zero-order valence-electron chi connectivity index (χ0n) is 17.8. The molecule has 0 saturated heterocycles. The molecule has 4 aliphatic rings. The summed E-state index contributed by atoms with van der Waals surface area (Å²) in [5.74, 6) is 0.688. The van der Waals surface area contributed by atoms with Crippen LogP contribution < -0.4 is 0 Å². The van der Waals surface area contributed by atoms with Gasteiger partial charge in [-0.05, 0) is 80.0 Å². The quantitative estimate of drug-likeness (QED) is 0.627. The minimum Gasteiger partial charge on any atom is -0.469 e. The van der Waals surface area contributed by atoms with E-state index in [-0.39, 0.29) is 58.6 Å². The van der Waals surface area contributed by atoms with Crippen LogP contribution in [0.4, 0.5) is 0 Å². The van der Waals surface area contributed by atoms with E-state index in [1.807, 2.05) is 6.92 Å². The number of rotatable bonds is 2. The molecular weight excluding hydrogens is 356 g/mol. The molecule has 0 aromatic carbocycles.